The molecule has 0 aromatic heterocycles. The summed E-state index contributed by atoms with van der Waals surface area (Å²) in [6.45, 7) is -0.0771. The molecule has 0 saturated carbocycles. The minimum atomic E-state index is -2.40. The maximum Gasteiger partial charge on any atom is 0.251 e. The van der Waals surface area contributed by atoms with Crippen molar-refractivity contribution in [1.29, 1.82) is 0 Å². The van der Waals surface area contributed by atoms with Crippen LogP contribution in [0, 0.1) is 0 Å². The standard InChI is InChI=1S/C12H17F2N3O/c1-17(8-11(13)14)7-10(12(15)16-18)9-5-3-2-4-6-9/h2-6,10-11,18H,7-8H2,1H3,(H2,15,16). The number of alkyl halides is 2. The van der Waals surface area contributed by atoms with Crippen LogP contribution in [0.5, 0.6) is 0 Å². The highest BCUT2D eigenvalue weighted by atomic mass is 19.3. The smallest absolute Gasteiger partial charge is 0.251 e. The van der Waals surface area contributed by atoms with Crippen molar-refractivity contribution < 1.29 is 14.0 Å². The molecule has 0 aliphatic carbocycles. The summed E-state index contributed by atoms with van der Waals surface area (Å²) < 4.78 is 24.5. The molecule has 0 fully saturated rings. The summed E-state index contributed by atoms with van der Waals surface area (Å²) in [7, 11) is 1.58. The third-order valence-electron chi connectivity index (χ3n) is 2.62. The molecule has 1 rings (SSSR count). The maximum atomic E-state index is 12.3. The molecule has 3 N–H and O–H groups in total. The minimum absolute atomic E-state index is 0.0160. The first-order valence-corrected chi connectivity index (χ1v) is 5.53. The molecule has 0 heterocycles. The summed E-state index contributed by atoms with van der Waals surface area (Å²) in [6.07, 6.45) is -2.40. The molecule has 4 nitrogen and oxygen atoms in total. The van der Waals surface area contributed by atoms with Crippen molar-refractivity contribution in [2.75, 3.05) is 20.1 Å². The Balaban J connectivity index is 2.81. The van der Waals surface area contributed by atoms with Gasteiger partial charge in [0, 0.05) is 6.54 Å². The zero-order valence-corrected chi connectivity index (χ0v) is 10.1. The second kappa shape index (κ2) is 6.90. The Kier molecular flexibility index (Phi) is 5.51. The Labute approximate surface area is 105 Å². The fourth-order valence-corrected chi connectivity index (χ4v) is 1.75. The molecule has 0 bridgehead atoms. The van der Waals surface area contributed by atoms with Crippen LogP contribution in [0.15, 0.2) is 35.5 Å². The van der Waals surface area contributed by atoms with Crippen LogP contribution in [0.3, 0.4) is 0 Å². The number of oxime groups is 1. The second-order valence-electron chi connectivity index (χ2n) is 4.10. The summed E-state index contributed by atoms with van der Waals surface area (Å²) >= 11 is 0. The van der Waals surface area contributed by atoms with Gasteiger partial charge in [0.15, 0.2) is 0 Å². The summed E-state index contributed by atoms with van der Waals surface area (Å²) in [5.74, 6) is -0.387. The fraction of sp³-hybridized carbons (Fsp3) is 0.417. The number of benzene rings is 1. The molecule has 0 radical (unpaired) electrons. The Morgan fingerprint density at radius 1 is 1.33 bits per heavy atom. The number of hydrogen-bond acceptors (Lipinski definition) is 3. The lowest BCUT2D eigenvalue weighted by Crippen LogP contribution is -2.35. The molecule has 1 aromatic rings. The van der Waals surface area contributed by atoms with E-state index in [4.69, 9.17) is 10.9 Å². The van der Waals surface area contributed by atoms with Crippen LogP contribution in [0.1, 0.15) is 11.5 Å². The molecule has 0 aliphatic rings. The van der Waals surface area contributed by atoms with Crippen molar-refractivity contribution in [3.63, 3.8) is 0 Å². The van der Waals surface area contributed by atoms with Crippen molar-refractivity contribution in [3.05, 3.63) is 35.9 Å². The van der Waals surface area contributed by atoms with E-state index >= 15 is 0 Å². The lowest BCUT2D eigenvalue weighted by molar-refractivity contribution is 0.0997. The first-order valence-electron chi connectivity index (χ1n) is 5.53. The van der Waals surface area contributed by atoms with E-state index in [-0.39, 0.29) is 18.9 Å². The van der Waals surface area contributed by atoms with Gasteiger partial charge < -0.3 is 10.9 Å². The van der Waals surface area contributed by atoms with Crippen molar-refractivity contribution in [2.45, 2.75) is 12.3 Å². The second-order valence-corrected chi connectivity index (χ2v) is 4.10. The highest BCUT2D eigenvalue weighted by Gasteiger charge is 2.20. The molecule has 1 aromatic carbocycles. The predicted molar refractivity (Wildman–Crippen MR) is 66.1 cm³/mol. The van der Waals surface area contributed by atoms with Crippen LogP contribution in [0.2, 0.25) is 0 Å². The third kappa shape index (κ3) is 4.29. The number of nitrogens with zero attached hydrogens (tertiary/aromatic N) is 2. The molecule has 1 unspecified atom stereocenters. The van der Waals surface area contributed by atoms with Gasteiger partial charge in [-0.2, -0.15) is 0 Å². The fourth-order valence-electron chi connectivity index (χ4n) is 1.75. The van der Waals surface area contributed by atoms with Gasteiger partial charge in [0.2, 0.25) is 0 Å². The number of rotatable bonds is 6. The number of hydrogen-bond donors (Lipinski definition) is 2. The van der Waals surface area contributed by atoms with Gasteiger partial charge in [-0.05, 0) is 12.6 Å². The van der Waals surface area contributed by atoms with Crippen LogP contribution in [0.4, 0.5) is 8.78 Å². The quantitative estimate of drug-likeness (QED) is 0.353. The van der Waals surface area contributed by atoms with E-state index in [2.05, 4.69) is 5.16 Å². The van der Waals surface area contributed by atoms with Crippen LogP contribution in [-0.4, -0.2) is 42.5 Å². The number of halogens is 2. The van der Waals surface area contributed by atoms with Crippen LogP contribution in [0.25, 0.3) is 0 Å². The van der Waals surface area contributed by atoms with Gasteiger partial charge in [0.1, 0.15) is 5.84 Å². The topological polar surface area (TPSA) is 61.8 Å². The minimum Gasteiger partial charge on any atom is -0.409 e. The van der Waals surface area contributed by atoms with Crippen LogP contribution in [-0.2, 0) is 0 Å². The molecule has 1 atom stereocenters. The van der Waals surface area contributed by atoms with E-state index < -0.39 is 12.3 Å². The van der Waals surface area contributed by atoms with Gasteiger partial charge in [-0.15, -0.1) is 0 Å². The Bertz CT molecular complexity index is 384. The van der Waals surface area contributed by atoms with Crippen molar-refractivity contribution >= 4 is 5.84 Å². The van der Waals surface area contributed by atoms with Gasteiger partial charge in [-0.3, -0.25) is 4.90 Å². The maximum absolute atomic E-state index is 12.3. The van der Waals surface area contributed by atoms with Crippen LogP contribution < -0.4 is 5.73 Å². The Morgan fingerprint density at radius 3 is 2.44 bits per heavy atom. The molecule has 100 valence electrons. The zero-order chi connectivity index (χ0) is 13.5. The summed E-state index contributed by atoms with van der Waals surface area (Å²) in [4.78, 5) is 1.46. The first-order chi connectivity index (χ1) is 8.54. The monoisotopic (exact) mass is 257 g/mol. The highest BCUT2D eigenvalue weighted by Crippen LogP contribution is 2.17. The van der Waals surface area contributed by atoms with Crippen molar-refractivity contribution in [1.82, 2.24) is 4.90 Å². The molecule has 6 heteroatoms. The Hall–Kier alpha value is -1.69. The average Bonchev–Trinajstić information content (AvgIpc) is 2.35. The largest absolute Gasteiger partial charge is 0.409 e. The molecule has 0 saturated heterocycles. The average molecular weight is 257 g/mol. The number of amidine groups is 1. The molecule has 0 aliphatic heterocycles. The number of nitrogens with two attached hydrogens (primary N) is 1. The van der Waals surface area contributed by atoms with Gasteiger partial charge in [-0.1, -0.05) is 35.5 Å². The van der Waals surface area contributed by atoms with E-state index in [0.29, 0.717) is 0 Å². The molecule has 0 amide bonds. The van der Waals surface area contributed by atoms with Crippen molar-refractivity contribution in [2.24, 2.45) is 10.9 Å². The normalized spacial score (nSPS) is 14.2. The van der Waals surface area contributed by atoms with Gasteiger partial charge in [0.25, 0.3) is 6.43 Å². The van der Waals surface area contributed by atoms with Gasteiger partial charge in [-0.25, -0.2) is 8.78 Å². The van der Waals surface area contributed by atoms with Gasteiger partial charge in [0.05, 0.1) is 12.5 Å². The SMILES string of the molecule is CN(CC(F)F)CC(/C(N)=N/O)c1ccccc1. The first kappa shape index (κ1) is 14.4. The molecular weight excluding hydrogens is 240 g/mol. The third-order valence-corrected chi connectivity index (χ3v) is 2.62. The lowest BCUT2D eigenvalue weighted by Gasteiger charge is -2.23. The summed E-state index contributed by atoms with van der Waals surface area (Å²) in [5, 5.41) is 11.7. The lowest BCUT2D eigenvalue weighted by atomic mass is 9.97. The van der Waals surface area contributed by atoms with E-state index in [1.54, 1.807) is 7.05 Å². The predicted octanol–water partition coefficient (Wildman–Crippen LogP) is 1.71. The van der Waals surface area contributed by atoms with E-state index in [9.17, 15) is 8.78 Å². The molecule has 18 heavy (non-hydrogen) atoms. The molecule has 0 spiro atoms. The van der Waals surface area contributed by atoms with E-state index in [1.807, 2.05) is 30.3 Å². The van der Waals surface area contributed by atoms with Crippen molar-refractivity contribution in [3.8, 4) is 0 Å². The summed E-state index contributed by atoms with van der Waals surface area (Å²) in [6, 6.07) is 9.12. The van der Waals surface area contributed by atoms with Gasteiger partial charge >= 0.3 is 0 Å². The van der Waals surface area contributed by atoms with E-state index in [0.717, 1.165) is 5.56 Å². The van der Waals surface area contributed by atoms with E-state index in [1.165, 1.54) is 4.90 Å². The zero-order valence-electron chi connectivity index (χ0n) is 10.1. The number of likely N-dealkylation sites (N-methyl/N-ethyl adjacent to an activating group) is 1. The highest BCUT2D eigenvalue weighted by molar-refractivity contribution is 5.87. The molecular formula is C12H17F2N3O. The van der Waals surface area contributed by atoms with Crippen LogP contribution >= 0.6 is 0 Å². The summed E-state index contributed by atoms with van der Waals surface area (Å²) in [5.41, 5.74) is 6.44. The Morgan fingerprint density at radius 2 is 1.94 bits per heavy atom.